The van der Waals surface area contributed by atoms with Crippen LogP contribution in [0.2, 0.25) is 0 Å². The highest BCUT2D eigenvalue weighted by molar-refractivity contribution is 6.17. The van der Waals surface area contributed by atoms with Crippen LogP contribution in [0.1, 0.15) is 0 Å². The molecule has 3 heteroatoms. The molecule has 10 heavy (non-hydrogen) atoms. The van der Waals surface area contributed by atoms with E-state index in [-0.39, 0.29) is 23.7 Å². The van der Waals surface area contributed by atoms with Gasteiger partial charge in [0.05, 0.1) is 6.61 Å². The molecule has 0 aromatic rings. The van der Waals surface area contributed by atoms with E-state index in [4.69, 9.17) is 5.11 Å². The summed E-state index contributed by atoms with van der Waals surface area (Å²) in [5, 5.41) is 8.50. The van der Waals surface area contributed by atoms with Gasteiger partial charge >= 0.3 is 0 Å². The average Bonchev–Trinajstić information content (AvgIpc) is 1.94. The average molecular weight is 138 g/mol. The van der Waals surface area contributed by atoms with E-state index in [1.165, 1.54) is 6.08 Å². The van der Waals surface area contributed by atoms with Gasteiger partial charge in [0.2, 0.25) is 0 Å². The molecule has 0 spiro atoms. The van der Waals surface area contributed by atoms with Gasteiger partial charge in [0.25, 0.3) is 0 Å². The lowest BCUT2D eigenvalue weighted by atomic mass is 10.1. The summed E-state index contributed by atoms with van der Waals surface area (Å²) >= 11 is 0. The van der Waals surface area contributed by atoms with Gasteiger partial charge < -0.3 is 5.11 Å². The highest BCUT2D eigenvalue weighted by atomic mass is 16.3. The van der Waals surface area contributed by atoms with Crippen molar-refractivity contribution in [3.05, 3.63) is 23.8 Å². The summed E-state index contributed by atoms with van der Waals surface area (Å²) in [5.41, 5.74) is 0.160. The first kappa shape index (κ1) is 6.89. The molecular weight excluding hydrogens is 132 g/mol. The van der Waals surface area contributed by atoms with Gasteiger partial charge in [0.1, 0.15) is 0 Å². The summed E-state index contributed by atoms with van der Waals surface area (Å²) in [6.07, 6.45) is 3.48. The molecular formula is C7H6O3. The Hall–Kier alpha value is -1.22. The number of aliphatic hydroxyl groups excluding tert-OH is 1. The van der Waals surface area contributed by atoms with Gasteiger partial charge in [-0.1, -0.05) is 0 Å². The summed E-state index contributed by atoms with van der Waals surface area (Å²) in [4.78, 5) is 21.3. The molecule has 0 heterocycles. The molecule has 0 radical (unpaired) electrons. The van der Waals surface area contributed by atoms with E-state index < -0.39 is 0 Å². The van der Waals surface area contributed by atoms with Crippen molar-refractivity contribution < 1.29 is 14.7 Å². The molecule has 1 aliphatic carbocycles. The Kier molecular flexibility index (Phi) is 1.78. The zero-order valence-electron chi connectivity index (χ0n) is 5.20. The molecule has 0 bridgehead atoms. The Morgan fingerprint density at radius 2 is 2.00 bits per heavy atom. The number of carbonyl (C=O) groups excluding carboxylic acids is 2. The van der Waals surface area contributed by atoms with Crippen LogP contribution in [0.4, 0.5) is 0 Å². The minimum absolute atomic E-state index is 0.160. The Morgan fingerprint density at radius 1 is 1.30 bits per heavy atom. The highest BCUT2D eigenvalue weighted by Gasteiger charge is 2.10. The van der Waals surface area contributed by atoms with Crippen LogP contribution >= 0.6 is 0 Å². The van der Waals surface area contributed by atoms with Crippen LogP contribution in [0, 0.1) is 0 Å². The smallest absolute Gasteiger partial charge is 0.184 e. The predicted octanol–water partition coefficient (Wildman–Crippen LogP) is -0.387. The van der Waals surface area contributed by atoms with E-state index in [1.54, 1.807) is 0 Å². The van der Waals surface area contributed by atoms with Crippen LogP contribution in [0.15, 0.2) is 23.8 Å². The SMILES string of the molecule is O=C1C=CC(=O)C(CO)=C1. The molecule has 0 saturated heterocycles. The third-order valence-electron chi connectivity index (χ3n) is 1.20. The number of aliphatic hydroxyl groups is 1. The Morgan fingerprint density at radius 3 is 2.50 bits per heavy atom. The van der Waals surface area contributed by atoms with Gasteiger partial charge in [-0.2, -0.15) is 0 Å². The number of rotatable bonds is 1. The van der Waals surface area contributed by atoms with E-state index in [9.17, 15) is 9.59 Å². The fourth-order valence-electron chi connectivity index (χ4n) is 0.679. The summed E-state index contributed by atoms with van der Waals surface area (Å²) in [7, 11) is 0. The minimum atomic E-state index is -0.366. The van der Waals surface area contributed by atoms with Crippen LogP contribution in [-0.2, 0) is 9.59 Å². The number of hydrogen-bond acceptors (Lipinski definition) is 3. The van der Waals surface area contributed by atoms with E-state index in [1.807, 2.05) is 0 Å². The van der Waals surface area contributed by atoms with Gasteiger partial charge in [0.15, 0.2) is 11.6 Å². The molecule has 0 atom stereocenters. The van der Waals surface area contributed by atoms with Crippen molar-refractivity contribution >= 4 is 11.6 Å². The van der Waals surface area contributed by atoms with Crippen LogP contribution in [-0.4, -0.2) is 23.3 Å². The second-order valence-corrected chi connectivity index (χ2v) is 1.93. The molecule has 1 aliphatic rings. The molecule has 3 nitrogen and oxygen atoms in total. The van der Waals surface area contributed by atoms with Gasteiger partial charge in [-0.25, -0.2) is 0 Å². The maximum Gasteiger partial charge on any atom is 0.184 e. The molecule has 0 aromatic carbocycles. The topological polar surface area (TPSA) is 54.4 Å². The summed E-state index contributed by atoms with van der Waals surface area (Å²) in [6.45, 7) is -0.366. The normalized spacial score (nSPS) is 17.5. The molecule has 0 fully saturated rings. The number of hydrogen-bond donors (Lipinski definition) is 1. The zero-order valence-corrected chi connectivity index (χ0v) is 5.20. The largest absolute Gasteiger partial charge is 0.392 e. The molecule has 0 aliphatic heterocycles. The highest BCUT2D eigenvalue weighted by Crippen LogP contribution is 2.02. The van der Waals surface area contributed by atoms with Crippen molar-refractivity contribution in [3.63, 3.8) is 0 Å². The van der Waals surface area contributed by atoms with Crippen molar-refractivity contribution in [2.75, 3.05) is 6.61 Å². The van der Waals surface area contributed by atoms with Gasteiger partial charge in [-0.15, -0.1) is 0 Å². The quantitative estimate of drug-likeness (QED) is 0.502. The Labute approximate surface area is 57.7 Å². The first-order chi connectivity index (χ1) is 4.74. The maximum atomic E-state index is 10.7. The first-order valence-corrected chi connectivity index (χ1v) is 2.82. The first-order valence-electron chi connectivity index (χ1n) is 2.82. The molecule has 0 saturated carbocycles. The second-order valence-electron chi connectivity index (χ2n) is 1.93. The molecule has 52 valence electrons. The van der Waals surface area contributed by atoms with E-state index in [0.717, 1.165) is 12.2 Å². The fourth-order valence-corrected chi connectivity index (χ4v) is 0.679. The second kappa shape index (κ2) is 2.58. The van der Waals surface area contributed by atoms with Crippen molar-refractivity contribution in [2.45, 2.75) is 0 Å². The third-order valence-corrected chi connectivity index (χ3v) is 1.20. The van der Waals surface area contributed by atoms with Crippen LogP contribution in [0.3, 0.4) is 0 Å². The van der Waals surface area contributed by atoms with Crippen molar-refractivity contribution in [2.24, 2.45) is 0 Å². The fraction of sp³-hybridized carbons (Fsp3) is 0.143. The Bertz CT molecular complexity index is 235. The summed E-state index contributed by atoms with van der Waals surface area (Å²) < 4.78 is 0. The van der Waals surface area contributed by atoms with Crippen molar-refractivity contribution in [1.29, 1.82) is 0 Å². The Balaban J connectivity index is 2.89. The lowest BCUT2D eigenvalue weighted by molar-refractivity contribution is -0.114. The minimum Gasteiger partial charge on any atom is -0.392 e. The van der Waals surface area contributed by atoms with Crippen LogP contribution < -0.4 is 0 Å². The number of ketones is 2. The molecule has 0 amide bonds. The molecule has 1 N–H and O–H groups in total. The number of allylic oxidation sites excluding steroid dienone is 3. The van der Waals surface area contributed by atoms with Crippen molar-refractivity contribution in [3.8, 4) is 0 Å². The van der Waals surface area contributed by atoms with Gasteiger partial charge in [-0.3, -0.25) is 9.59 Å². The molecule has 0 unspecified atom stereocenters. The van der Waals surface area contributed by atoms with E-state index >= 15 is 0 Å². The number of carbonyl (C=O) groups is 2. The lowest BCUT2D eigenvalue weighted by Gasteiger charge is -2.00. The summed E-state index contributed by atoms with van der Waals surface area (Å²) in [6, 6.07) is 0. The standard InChI is InChI=1S/C7H6O3/c8-4-5-3-6(9)1-2-7(5)10/h1-3,8H,4H2. The lowest BCUT2D eigenvalue weighted by Crippen LogP contribution is -2.10. The molecule has 0 aromatic heterocycles. The van der Waals surface area contributed by atoms with Gasteiger partial charge in [-0.05, 0) is 18.2 Å². The van der Waals surface area contributed by atoms with Crippen molar-refractivity contribution in [1.82, 2.24) is 0 Å². The monoisotopic (exact) mass is 138 g/mol. The summed E-state index contributed by atoms with van der Waals surface area (Å²) in [5.74, 6) is -0.536. The predicted molar refractivity (Wildman–Crippen MR) is 34.3 cm³/mol. The van der Waals surface area contributed by atoms with Crippen LogP contribution in [0.5, 0.6) is 0 Å². The van der Waals surface area contributed by atoms with Gasteiger partial charge in [0, 0.05) is 5.57 Å². The maximum absolute atomic E-state index is 10.7. The van der Waals surface area contributed by atoms with Crippen LogP contribution in [0.25, 0.3) is 0 Å². The zero-order chi connectivity index (χ0) is 7.56. The third kappa shape index (κ3) is 1.19. The molecule has 1 rings (SSSR count). The van der Waals surface area contributed by atoms with E-state index in [2.05, 4.69) is 0 Å². The van der Waals surface area contributed by atoms with E-state index in [0.29, 0.717) is 0 Å².